The molecule has 5 nitrogen and oxygen atoms in total. The van der Waals surface area contributed by atoms with E-state index in [1.165, 1.54) is 11.3 Å². The van der Waals surface area contributed by atoms with Gasteiger partial charge in [0.05, 0.1) is 12.1 Å². The predicted octanol–water partition coefficient (Wildman–Crippen LogP) is 3.58. The lowest BCUT2D eigenvalue weighted by Gasteiger charge is -2.06. The van der Waals surface area contributed by atoms with E-state index in [0.29, 0.717) is 22.9 Å². The van der Waals surface area contributed by atoms with Gasteiger partial charge >= 0.3 is 0 Å². The third kappa shape index (κ3) is 3.05. The number of nitrogens with one attached hydrogen (secondary N) is 2. The predicted molar refractivity (Wildman–Crippen MR) is 104 cm³/mol. The van der Waals surface area contributed by atoms with Crippen LogP contribution in [0.5, 0.6) is 5.88 Å². The minimum atomic E-state index is -0.318. The molecule has 126 valence electrons. The van der Waals surface area contributed by atoms with Crippen LogP contribution in [0.4, 0.5) is 5.69 Å². The molecule has 25 heavy (non-hydrogen) atoms. The first-order chi connectivity index (χ1) is 12.1. The lowest BCUT2D eigenvalue weighted by Crippen LogP contribution is -2.08. The molecular formula is C19H16BrN3O2. The van der Waals surface area contributed by atoms with Gasteiger partial charge < -0.3 is 10.4 Å². The van der Waals surface area contributed by atoms with Gasteiger partial charge in [0, 0.05) is 33.7 Å². The minimum absolute atomic E-state index is 0.171. The Hall–Kier alpha value is -2.60. The number of aromatic amines is 1. The molecular weight excluding hydrogens is 382 g/mol. The fraction of sp³-hybridized carbons (Fsp3) is 0.158. The fourth-order valence-electron chi connectivity index (χ4n) is 3.12. The highest BCUT2D eigenvalue weighted by atomic mass is 79.9. The van der Waals surface area contributed by atoms with Crippen LogP contribution < -0.4 is 10.9 Å². The maximum Gasteiger partial charge on any atom is 0.258 e. The maximum absolute atomic E-state index is 12.0. The Kier molecular flexibility index (Phi) is 4.05. The lowest BCUT2D eigenvalue weighted by molar-refractivity contribution is 0.452. The van der Waals surface area contributed by atoms with Crippen LogP contribution in [0.3, 0.4) is 0 Å². The Morgan fingerprint density at radius 3 is 2.96 bits per heavy atom. The number of anilines is 1. The van der Waals surface area contributed by atoms with Gasteiger partial charge in [0.2, 0.25) is 5.88 Å². The second-order valence-corrected chi connectivity index (χ2v) is 6.96. The number of H-pyrrole nitrogens is 1. The van der Waals surface area contributed by atoms with Crippen LogP contribution in [-0.4, -0.2) is 22.8 Å². The first kappa shape index (κ1) is 15.9. The lowest BCUT2D eigenvalue weighted by atomic mass is 10.1. The molecule has 0 unspecified atom stereocenters. The number of benzene rings is 2. The number of aromatic nitrogens is 1. The molecule has 4 rings (SSSR count). The second-order valence-electron chi connectivity index (χ2n) is 6.04. The average molecular weight is 398 g/mol. The Bertz CT molecular complexity index is 1060. The molecule has 0 aliphatic carbocycles. The zero-order chi connectivity index (χ0) is 17.4. The van der Waals surface area contributed by atoms with Crippen LogP contribution in [0.2, 0.25) is 0 Å². The van der Waals surface area contributed by atoms with E-state index in [1.807, 2.05) is 6.07 Å². The number of halogens is 1. The number of aromatic hydroxyl groups is 1. The van der Waals surface area contributed by atoms with Crippen molar-refractivity contribution in [3.05, 3.63) is 67.9 Å². The monoisotopic (exact) mass is 397 g/mol. The van der Waals surface area contributed by atoms with Gasteiger partial charge in [0.15, 0.2) is 0 Å². The summed E-state index contributed by atoms with van der Waals surface area (Å²) in [4.78, 5) is 18.9. The summed E-state index contributed by atoms with van der Waals surface area (Å²) in [6.07, 6.45) is 2.67. The van der Waals surface area contributed by atoms with Crippen molar-refractivity contribution in [3.63, 3.8) is 0 Å². The summed E-state index contributed by atoms with van der Waals surface area (Å²) in [5.41, 5.74) is 3.80. The summed E-state index contributed by atoms with van der Waals surface area (Å²) >= 11 is 3.40. The van der Waals surface area contributed by atoms with Gasteiger partial charge in [-0.2, -0.15) is 0 Å². The molecule has 3 N–H and O–H groups in total. The van der Waals surface area contributed by atoms with Gasteiger partial charge in [-0.1, -0.05) is 28.1 Å². The van der Waals surface area contributed by atoms with E-state index in [0.717, 1.165) is 23.0 Å². The molecule has 0 spiro atoms. The molecule has 1 aliphatic rings. The first-order valence-corrected chi connectivity index (χ1v) is 8.81. The average Bonchev–Trinajstić information content (AvgIpc) is 3.05. The smallest absolute Gasteiger partial charge is 0.258 e. The van der Waals surface area contributed by atoms with E-state index in [-0.39, 0.29) is 11.4 Å². The number of hydrogen-bond donors (Lipinski definition) is 3. The summed E-state index contributed by atoms with van der Waals surface area (Å²) < 4.78 is 0.837. The molecule has 0 saturated heterocycles. The quantitative estimate of drug-likeness (QED) is 0.591. The first-order valence-electron chi connectivity index (χ1n) is 8.02. The topological polar surface area (TPSA) is 77.5 Å². The van der Waals surface area contributed by atoms with Crippen molar-refractivity contribution in [3.8, 4) is 5.88 Å². The highest BCUT2D eigenvalue weighted by molar-refractivity contribution is 9.10. The van der Waals surface area contributed by atoms with E-state index < -0.39 is 0 Å². The molecule has 0 atom stereocenters. The van der Waals surface area contributed by atoms with E-state index in [4.69, 9.17) is 0 Å². The normalized spacial score (nSPS) is 13.3. The van der Waals surface area contributed by atoms with Crippen LogP contribution >= 0.6 is 15.9 Å². The van der Waals surface area contributed by atoms with E-state index in [9.17, 15) is 9.90 Å². The summed E-state index contributed by atoms with van der Waals surface area (Å²) in [6.45, 7) is 1.48. The summed E-state index contributed by atoms with van der Waals surface area (Å²) in [6, 6.07) is 11.6. The fourth-order valence-corrected chi connectivity index (χ4v) is 3.48. The van der Waals surface area contributed by atoms with Crippen LogP contribution in [0.25, 0.3) is 10.8 Å². The number of hydrogen-bond acceptors (Lipinski definition) is 4. The van der Waals surface area contributed by atoms with Gasteiger partial charge in [0.1, 0.15) is 0 Å². The molecule has 2 heterocycles. The maximum atomic E-state index is 12.0. The molecule has 6 heteroatoms. The molecule has 1 aliphatic heterocycles. The molecule has 3 aromatic rings. The van der Waals surface area contributed by atoms with Gasteiger partial charge in [0.25, 0.3) is 5.56 Å². The van der Waals surface area contributed by atoms with Crippen LogP contribution in [-0.2, 0) is 13.0 Å². The Balaban J connectivity index is 1.67. The van der Waals surface area contributed by atoms with Crippen LogP contribution in [0.1, 0.15) is 16.7 Å². The SMILES string of the molecule is O=c1[nH]c(O)c(C=NCc2ccc3c(c2)NCC3)c2cc(Br)ccc12. The third-order valence-electron chi connectivity index (χ3n) is 4.38. The minimum Gasteiger partial charge on any atom is -0.494 e. The summed E-state index contributed by atoms with van der Waals surface area (Å²) in [7, 11) is 0. The van der Waals surface area contributed by atoms with Gasteiger partial charge in [-0.25, -0.2) is 0 Å². The summed E-state index contributed by atoms with van der Waals surface area (Å²) in [5, 5.41) is 14.7. The summed E-state index contributed by atoms with van der Waals surface area (Å²) in [5.74, 6) is -0.171. The van der Waals surface area contributed by atoms with Crippen molar-refractivity contribution < 1.29 is 5.11 Å². The second kappa shape index (κ2) is 6.37. The molecule has 1 aromatic heterocycles. The van der Waals surface area contributed by atoms with Crippen LogP contribution in [0, 0.1) is 0 Å². The molecule has 2 aromatic carbocycles. The molecule has 0 bridgehead atoms. The van der Waals surface area contributed by atoms with Crippen molar-refractivity contribution in [2.75, 3.05) is 11.9 Å². The molecule has 0 radical (unpaired) electrons. The van der Waals surface area contributed by atoms with Crippen LogP contribution in [0.15, 0.2) is 50.7 Å². The highest BCUT2D eigenvalue weighted by Crippen LogP contribution is 2.25. The van der Waals surface area contributed by atoms with Crippen molar-refractivity contribution in [2.24, 2.45) is 4.99 Å². The van der Waals surface area contributed by atoms with Gasteiger partial charge in [-0.3, -0.25) is 14.8 Å². The number of fused-ring (bicyclic) bond motifs is 2. The Labute approximate surface area is 152 Å². The zero-order valence-corrected chi connectivity index (χ0v) is 14.9. The van der Waals surface area contributed by atoms with Crippen molar-refractivity contribution in [1.29, 1.82) is 0 Å². The number of rotatable bonds is 3. The number of aliphatic imine (C=N–C) groups is 1. The highest BCUT2D eigenvalue weighted by Gasteiger charge is 2.11. The molecule has 0 saturated carbocycles. The number of pyridine rings is 1. The van der Waals surface area contributed by atoms with Crippen molar-refractivity contribution in [1.82, 2.24) is 4.98 Å². The van der Waals surface area contributed by atoms with E-state index in [2.05, 4.69) is 49.4 Å². The van der Waals surface area contributed by atoms with Crippen molar-refractivity contribution in [2.45, 2.75) is 13.0 Å². The molecule has 0 fully saturated rings. The van der Waals surface area contributed by atoms with Crippen molar-refractivity contribution >= 4 is 38.6 Å². The zero-order valence-electron chi connectivity index (χ0n) is 13.3. The van der Waals surface area contributed by atoms with E-state index >= 15 is 0 Å². The standard InChI is InChI=1S/C19H16BrN3O2/c20-13-3-4-14-15(8-13)16(19(25)23-18(14)24)10-21-9-11-1-2-12-5-6-22-17(12)7-11/h1-4,7-8,10,22H,5-6,9H2,(H2,23,24,25). The van der Waals surface area contributed by atoms with Gasteiger partial charge in [-0.15, -0.1) is 0 Å². The number of nitrogens with zero attached hydrogens (tertiary/aromatic N) is 1. The Morgan fingerprint density at radius 1 is 1.20 bits per heavy atom. The van der Waals surface area contributed by atoms with Gasteiger partial charge in [-0.05, 0) is 41.8 Å². The van der Waals surface area contributed by atoms with E-state index in [1.54, 1.807) is 18.3 Å². The third-order valence-corrected chi connectivity index (χ3v) is 4.88. The largest absolute Gasteiger partial charge is 0.494 e. The molecule has 0 amide bonds. The Morgan fingerprint density at radius 2 is 2.08 bits per heavy atom.